The first-order chi connectivity index (χ1) is 13.3. The number of sulfone groups is 1. The number of aromatic nitrogens is 1. The van der Waals surface area contributed by atoms with Gasteiger partial charge in [0.25, 0.3) is 0 Å². The van der Waals surface area contributed by atoms with Crippen LogP contribution >= 0.6 is 0 Å². The molecule has 0 radical (unpaired) electrons. The second kappa shape index (κ2) is 8.02. The summed E-state index contributed by atoms with van der Waals surface area (Å²) in [5.74, 6) is -2.21. The lowest BCUT2D eigenvalue weighted by atomic mass is 10.2. The first kappa shape index (κ1) is 19.3. The molecule has 0 unspecified atom stereocenters. The van der Waals surface area contributed by atoms with Gasteiger partial charge in [-0.2, -0.15) is 5.26 Å². The maximum atomic E-state index is 13.0. The monoisotopic (exact) mass is 399 g/mol. The predicted octanol–water partition coefficient (Wildman–Crippen LogP) is 2.91. The highest BCUT2D eigenvalue weighted by atomic mass is 32.2. The first-order valence-electron chi connectivity index (χ1n) is 8.05. The molecule has 3 aromatic rings. The third kappa shape index (κ3) is 5.02. The van der Waals surface area contributed by atoms with E-state index in [1.807, 2.05) is 6.07 Å². The zero-order chi connectivity index (χ0) is 20.1. The number of nitriles is 1. The van der Waals surface area contributed by atoms with Crippen LogP contribution in [0.2, 0.25) is 0 Å². The number of anilines is 1. The Morgan fingerprint density at radius 1 is 1.21 bits per heavy atom. The van der Waals surface area contributed by atoms with Crippen LogP contribution in [0.3, 0.4) is 0 Å². The molecule has 3 rings (SSSR count). The first-order valence-corrected chi connectivity index (χ1v) is 9.87. The summed E-state index contributed by atoms with van der Waals surface area (Å²) < 4.78 is 42.7. The molecule has 0 atom stereocenters. The Kier molecular flexibility index (Phi) is 5.52. The van der Waals surface area contributed by atoms with Gasteiger partial charge in [0.05, 0.1) is 23.1 Å². The van der Waals surface area contributed by atoms with E-state index < -0.39 is 33.1 Å². The zero-order valence-electron chi connectivity index (χ0n) is 14.4. The molecule has 0 fully saturated rings. The smallest absolute Gasteiger partial charge is 0.239 e. The van der Waals surface area contributed by atoms with Gasteiger partial charge in [-0.05, 0) is 42.5 Å². The molecule has 142 valence electrons. The topological polar surface area (TPSA) is 113 Å². The fourth-order valence-corrected chi connectivity index (χ4v) is 3.59. The van der Waals surface area contributed by atoms with Crippen LogP contribution in [0.4, 0.5) is 10.1 Å². The summed E-state index contributed by atoms with van der Waals surface area (Å²) in [6.45, 7) is 0. The lowest BCUT2D eigenvalue weighted by molar-refractivity contribution is -0.113. The number of carbonyl (C=O) groups is 1. The summed E-state index contributed by atoms with van der Waals surface area (Å²) in [6.07, 6.45) is 1.19. The van der Waals surface area contributed by atoms with E-state index in [1.54, 1.807) is 18.2 Å². The van der Waals surface area contributed by atoms with Gasteiger partial charge in [-0.15, -0.1) is 0 Å². The summed E-state index contributed by atoms with van der Waals surface area (Å²) in [6, 6.07) is 13.5. The number of benzene rings is 2. The molecule has 1 amide bonds. The number of halogens is 1. The largest absolute Gasteiger partial charge is 0.444 e. The predicted molar refractivity (Wildman–Crippen MR) is 99.2 cm³/mol. The third-order valence-corrected chi connectivity index (χ3v) is 5.07. The van der Waals surface area contributed by atoms with Gasteiger partial charge in [-0.25, -0.2) is 17.8 Å². The number of nitrogens with one attached hydrogen (secondary N) is 1. The second-order valence-electron chi connectivity index (χ2n) is 5.92. The number of rotatable bonds is 6. The third-order valence-electron chi connectivity index (χ3n) is 3.64. The van der Waals surface area contributed by atoms with Gasteiger partial charge >= 0.3 is 0 Å². The lowest BCUT2D eigenvalue weighted by Gasteiger charge is -2.05. The Hall–Kier alpha value is -3.51. The fraction of sp³-hybridized carbons (Fsp3) is 0.105. The van der Waals surface area contributed by atoms with Crippen LogP contribution in [0.5, 0.6) is 0 Å². The molecular weight excluding hydrogens is 385 g/mol. The van der Waals surface area contributed by atoms with Crippen LogP contribution in [0, 0.1) is 17.1 Å². The summed E-state index contributed by atoms with van der Waals surface area (Å²) in [4.78, 5) is 16.1. The molecule has 1 N–H and O–H groups in total. The van der Waals surface area contributed by atoms with E-state index in [0.29, 0.717) is 16.8 Å². The van der Waals surface area contributed by atoms with E-state index in [0.717, 1.165) is 0 Å². The minimum absolute atomic E-state index is 0.138. The van der Waals surface area contributed by atoms with Gasteiger partial charge in [0.15, 0.2) is 9.84 Å². The number of hydrogen-bond donors (Lipinski definition) is 1. The van der Waals surface area contributed by atoms with Crippen molar-refractivity contribution in [2.24, 2.45) is 0 Å². The molecule has 0 aliphatic carbocycles. The highest BCUT2D eigenvalue weighted by Crippen LogP contribution is 2.20. The summed E-state index contributed by atoms with van der Waals surface area (Å²) in [5, 5.41) is 11.3. The van der Waals surface area contributed by atoms with Crippen molar-refractivity contribution in [2.45, 2.75) is 5.75 Å². The molecule has 9 heteroatoms. The van der Waals surface area contributed by atoms with Crippen molar-refractivity contribution in [3.05, 3.63) is 71.9 Å². The molecule has 0 spiro atoms. The van der Waals surface area contributed by atoms with Crippen molar-refractivity contribution in [3.63, 3.8) is 0 Å². The van der Waals surface area contributed by atoms with Crippen LogP contribution in [-0.4, -0.2) is 25.1 Å². The van der Waals surface area contributed by atoms with Crippen molar-refractivity contribution in [1.29, 1.82) is 5.26 Å². The quantitative estimate of drug-likeness (QED) is 0.682. The number of amides is 1. The minimum Gasteiger partial charge on any atom is -0.444 e. The lowest BCUT2D eigenvalue weighted by Crippen LogP contribution is -2.24. The van der Waals surface area contributed by atoms with Crippen LogP contribution in [0.25, 0.3) is 11.5 Å². The highest BCUT2D eigenvalue weighted by Gasteiger charge is 2.20. The standard InChI is InChI=1S/C19H14FN3O4S/c20-15-6-4-14(5-7-15)19-23-17(10-27-19)11-28(25,26)12-18(24)22-16-3-1-2-13(8-16)9-21/h1-8,10H,11-12H2,(H,22,24). The van der Waals surface area contributed by atoms with E-state index in [4.69, 9.17) is 9.68 Å². The van der Waals surface area contributed by atoms with Crippen LogP contribution in [0.1, 0.15) is 11.3 Å². The number of nitrogens with zero attached hydrogens (tertiary/aromatic N) is 2. The second-order valence-corrected chi connectivity index (χ2v) is 7.99. The van der Waals surface area contributed by atoms with Gasteiger partial charge < -0.3 is 9.73 Å². The molecule has 7 nitrogen and oxygen atoms in total. The Balaban J connectivity index is 1.64. The average molecular weight is 399 g/mol. The number of carbonyl (C=O) groups excluding carboxylic acids is 1. The fourth-order valence-electron chi connectivity index (χ4n) is 2.44. The van der Waals surface area contributed by atoms with Gasteiger partial charge in [0.2, 0.25) is 11.8 Å². The van der Waals surface area contributed by atoms with Crippen molar-refractivity contribution in [1.82, 2.24) is 4.98 Å². The van der Waals surface area contributed by atoms with Gasteiger partial charge in [0, 0.05) is 11.3 Å². The molecule has 0 bridgehead atoms. The van der Waals surface area contributed by atoms with Gasteiger partial charge in [0.1, 0.15) is 17.8 Å². The molecule has 2 aromatic carbocycles. The summed E-state index contributed by atoms with van der Waals surface area (Å²) in [7, 11) is -3.80. The Morgan fingerprint density at radius 2 is 1.96 bits per heavy atom. The molecule has 0 saturated carbocycles. The van der Waals surface area contributed by atoms with Crippen LogP contribution in [-0.2, 0) is 20.4 Å². The van der Waals surface area contributed by atoms with E-state index >= 15 is 0 Å². The molecule has 28 heavy (non-hydrogen) atoms. The molecule has 0 aliphatic rings. The molecular formula is C19H14FN3O4S. The van der Waals surface area contributed by atoms with E-state index in [-0.39, 0.29) is 11.6 Å². The van der Waals surface area contributed by atoms with E-state index in [1.165, 1.54) is 36.6 Å². The van der Waals surface area contributed by atoms with Crippen LogP contribution in [0.15, 0.2) is 59.2 Å². The van der Waals surface area contributed by atoms with Gasteiger partial charge in [-0.1, -0.05) is 6.07 Å². The number of oxazole rings is 1. The van der Waals surface area contributed by atoms with Crippen molar-refractivity contribution in [3.8, 4) is 17.5 Å². The SMILES string of the molecule is N#Cc1cccc(NC(=O)CS(=O)(=O)Cc2coc(-c3ccc(F)cc3)n2)c1. The molecule has 0 aliphatic heterocycles. The van der Waals surface area contributed by atoms with Gasteiger partial charge in [-0.3, -0.25) is 4.79 Å². The Labute approximate surface area is 160 Å². The highest BCUT2D eigenvalue weighted by molar-refractivity contribution is 7.91. The maximum Gasteiger partial charge on any atom is 0.239 e. The maximum absolute atomic E-state index is 13.0. The normalized spacial score (nSPS) is 11.0. The van der Waals surface area contributed by atoms with Crippen molar-refractivity contribution < 1.29 is 22.0 Å². The Bertz CT molecular complexity index is 1150. The average Bonchev–Trinajstić information content (AvgIpc) is 3.09. The Morgan fingerprint density at radius 3 is 2.68 bits per heavy atom. The zero-order valence-corrected chi connectivity index (χ0v) is 15.2. The van der Waals surface area contributed by atoms with Crippen LogP contribution < -0.4 is 5.32 Å². The number of hydrogen-bond acceptors (Lipinski definition) is 6. The minimum atomic E-state index is -3.80. The van der Waals surface area contributed by atoms with Crippen molar-refractivity contribution >= 4 is 21.4 Å². The summed E-state index contributed by atoms with van der Waals surface area (Å²) in [5.41, 5.74) is 1.31. The molecule has 0 saturated heterocycles. The molecule has 1 heterocycles. The van der Waals surface area contributed by atoms with E-state index in [2.05, 4.69) is 10.3 Å². The van der Waals surface area contributed by atoms with Crippen molar-refractivity contribution in [2.75, 3.05) is 11.1 Å². The van der Waals surface area contributed by atoms with E-state index in [9.17, 15) is 17.6 Å². The molecule has 1 aromatic heterocycles. The summed E-state index contributed by atoms with van der Waals surface area (Å²) >= 11 is 0.